The summed E-state index contributed by atoms with van der Waals surface area (Å²) in [7, 11) is 0. The summed E-state index contributed by atoms with van der Waals surface area (Å²) >= 11 is 10.5. The van der Waals surface area contributed by atoms with Gasteiger partial charge in [0, 0.05) is 13.4 Å². The maximum Gasteiger partial charge on any atom is 0.123 e. The third-order valence-corrected chi connectivity index (χ3v) is 3.95. The van der Waals surface area contributed by atoms with Gasteiger partial charge in [0.25, 0.3) is 0 Å². The highest BCUT2D eigenvalue weighted by atomic mass is 79.9. The van der Waals surface area contributed by atoms with Crippen molar-refractivity contribution in [1.29, 1.82) is 0 Å². The maximum absolute atomic E-state index is 5.51. The second-order valence-electron chi connectivity index (χ2n) is 3.61. The molecule has 90 valence electrons. The van der Waals surface area contributed by atoms with Gasteiger partial charge in [-0.15, -0.1) is 0 Å². The van der Waals surface area contributed by atoms with Gasteiger partial charge in [-0.2, -0.15) is 0 Å². The van der Waals surface area contributed by atoms with Gasteiger partial charge in [0.05, 0.1) is 12.2 Å². The number of hydrogen-bond acceptors (Lipinski definition) is 2. The average Bonchev–Trinajstić information content (AvgIpc) is 2.62. The molecule has 2 rings (SSSR count). The number of hydrogen-bond donors (Lipinski definition) is 1. The minimum absolute atomic E-state index is 0.659. The molecule has 0 amide bonds. The highest BCUT2D eigenvalue weighted by Crippen LogP contribution is 2.34. The van der Waals surface area contributed by atoms with Gasteiger partial charge in [-0.1, -0.05) is 15.9 Å². The highest BCUT2D eigenvalue weighted by Gasteiger charge is 2.07. The second kappa shape index (κ2) is 5.59. The van der Waals surface area contributed by atoms with E-state index < -0.39 is 0 Å². The Labute approximate surface area is 125 Å². The number of rotatable bonds is 3. The van der Waals surface area contributed by atoms with Crippen LogP contribution >= 0.6 is 47.8 Å². The average molecular weight is 424 g/mol. The molecule has 0 aliphatic carbocycles. The SMILES string of the molecule is Cc1ccc(CNc2c(Br)cc(Br)cc2Br)o1. The lowest BCUT2D eigenvalue weighted by Gasteiger charge is -2.10. The van der Waals surface area contributed by atoms with Crippen LogP contribution in [0.1, 0.15) is 11.5 Å². The Morgan fingerprint density at radius 2 is 1.76 bits per heavy atom. The van der Waals surface area contributed by atoms with Crippen molar-refractivity contribution in [2.75, 3.05) is 5.32 Å². The molecule has 0 saturated heterocycles. The largest absolute Gasteiger partial charge is 0.465 e. The molecular weight excluding hydrogens is 414 g/mol. The van der Waals surface area contributed by atoms with E-state index in [1.807, 2.05) is 31.2 Å². The fourth-order valence-corrected chi connectivity index (χ4v) is 4.01. The monoisotopic (exact) mass is 421 g/mol. The van der Waals surface area contributed by atoms with Crippen molar-refractivity contribution in [3.05, 3.63) is 49.2 Å². The predicted molar refractivity (Wildman–Crippen MR) is 80.3 cm³/mol. The summed E-state index contributed by atoms with van der Waals surface area (Å²) in [4.78, 5) is 0. The van der Waals surface area contributed by atoms with Crippen molar-refractivity contribution in [2.45, 2.75) is 13.5 Å². The number of halogens is 3. The van der Waals surface area contributed by atoms with Crippen LogP contribution in [0.3, 0.4) is 0 Å². The Balaban J connectivity index is 2.14. The quantitative estimate of drug-likeness (QED) is 0.706. The Morgan fingerprint density at radius 1 is 1.12 bits per heavy atom. The van der Waals surface area contributed by atoms with E-state index in [2.05, 4.69) is 53.1 Å². The summed E-state index contributed by atoms with van der Waals surface area (Å²) in [6, 6.07) is 7.94. The summed E-state index contributed by atoms with van der Waals surface area (Å²) in [5.74, 6) is 1.85. The first-order valence-corrected chi connectivity index (χ1v) is 7.38. The number of nitrogens with one attached hydrogen (secondary N) is 1. The van der Waals surface area contributed by atoms with Crippen molar-refractivity contribution in [3.63, 3.8) is 0 Å². The van der Waals surface area contributed by atoms with Gasteiger partial charge in [-0.3, -0.25) is 0 Å². The van der Waals surface area contributed by atoms with E-state index in [9.17, 15) is 0 Å². The lowest BCUT2D eigenvalue weighted by molar-refractivity contribution is 0.490. The molecule has 0 bridgehead atoms. The lowest BCUT2D eigenvalue weighted by atomic mass is 10.3. The van der Waals surface area contributed by atoms with E-state index in [-0.39, 0.29) is 0 Å². The van der Waals surface area contributed by atoms with E-state index in [0.717, 1.165) is 30.6 Å². The van der Waals surface area contributed by atoms with Crippen molar-refractivity contribution in [3.8, 4) is 0 Å². The summed E-state index contributed by atoms with van der Waals surface area (Å²) in [6.45, 7) is 2.60. The lowest BCUT2D eigenvalue weighted by Crippen LogP contribution is -1.99. The van der Waals surface area contributed by atoms with Gasteiger partial charge in [-0.05, 0) is 63.0 Å². The summed E-state index contributed by atoms with van der Waals surface area (Å²) in [5.41, 5.74) is 1.02. The zero-order valence-corrected chi connectivity index (χ0v) is 13.8. The zero-order chi connectivity index (χ0) is 12.4. The smallest absolute Gasteiger partial charge is 0.123 e. The van der Waals surface area contributed by atoms with E-state index in [1.54, 1.807) is 0 Å². The van der Waals surface area contributed by atoms with Crippen LogP contribution < -0.4 is 5.32 Å². The summed E-state index contributed by atoms with van der Waals surface area (Å²) in [6.07, 6.45) is 0. The van der Waals surface area contributed by atoms with Crippen molar-refractivity contribution >= 4 is 53.5 Å². The second-order valence-corrected chi connectivity index (χ2v) is 6.23. The molecule has 0 unspecified atom stereocenters. The molecule has 1 heterocycles. The topological polar surface area (TPSA) is 25.2 Å². The molecule has 2 nitrogen and oxygen atoms in total. The third-order valence-electron chi connectivity index (χ3n) is 2.24. The minimum Gasteiger partial charge on any atom is -0.465 e. The summed E-state index contributed by atoms with van der Waals surface area (Å²) < 4.78 is 8.53. The molecule has 0 atom stereocenters. The van der Waals surface area contributed by atoms with Gasteiger partial charge in [0.15, 0.2) is 0 Å². The molecule has 0 aliphatic heterocycles. The highest BCUT2D eigenvalue weighted by molar-refractivity contribution is 9.11. The number of benzene rings is 1. The van der Waals surface area contributed by atoms with Crippen LogP contribution in [0.15, 0.2) is 42.1 Å². The molecule has 0 fully saturated rings. The first kappa shape index (κ1) is 13.2. The maximum atomic E-state index is 5.51. The Morgan fingerprint density at radius 3 is 2.29 bits per heavy atom. The molecule has 0 spiro atoms. The van der Waals surface area contributed by atoms with Crippen molar-refractivity contribution in [2.24, 2.45) is 0 Å². The molecule has 1 aromatic heterocycles. The Kier molecular flexibility index (Phi) is 4.33. The van der Waals surface area contributed by atoms with E-state index >= 15 is 0 Å². The van der Waals surface area contributed by atoms with Crippen molar-refractivity contribution < 1.29 is 4.42 Å². The molecule has 0 radical (unpaired) electrons. The van der Waals surface area contributed by atoms with E-state index in [0.29, 0.717) is 6.54 Å². The van der Waals surface area contributed by atoms with Gasteiger partial charge < -0.3 is 9.73 Å². The van der Waals surface area contributed by atoms with Crippen LogP contribution in [0.5, 0.6) is 0 Å². The third kappa shape index (κ3) is 3.36. The normalized spacial score (nSPS) is 10.6. The van der Waals surface area contributed by atoms with Crippen LogP contribution in [-0.4, -0.2) is 0 Å². The molecule has 2 aromatic rings. The standard InChI is InChI=1S/C12H10Br3NO/c1-7-2-3-9(17-7)6-16-12-10(14)4-8(13)5-11(12)15/h2-5,16H,6H2,1H3. The number of anilines is 1. The van der Waals surface area contributed by atoms with Gasteiger partial charge in [-0.25, -0.2) is 0 Å². The van der Waals surface area contributed by atoms with Crippen LogP contribution in [0, 0.1) is 6.92 Å². The minimum atomic E-state index is 0.659. The van der Waals surface area contributed by atoms with Gasteiger partial charge >= 0.3 is 0 Å². The van der Waals surface area contributed by atoms with Crippen LogP contribution in [-0.2, 0) is 6.54 Å². The first-order valence-electron chi connectivity index (χ1n) is 5.00. The molecular formula is C12H10Br3NO. The molecule has 5 heteroatoms. The molecule has 1 N–H and O–H groups in total. The molecule has 1 aromatic carbocycles. The number of furan rings is 1. The van der Waals surface area contributed by atoms with Crippen LogP contribution in [0.25, 0.3) is 0 Å². The van der Waals surface area contributed by atoms with Crippen LogP contribution in [0.4, 0.5) is 5.69 Å². The molecule has 17 heavy (non-hydrogen) atoms. The molecule has 0 saturated carbocycles. The summed E-state index contributed by atoms with van der Waals surface area (Å²) in [5, 5.41) is 3.33. The predicted octanol–water partition coefficient (Wildman–Crippen LogP) is 5.49. The van der Waals surface area contributed by atoms with E-state index in [1.165, 1.54) is 0 Å². The van der Waals surface area contributed by atoms with Gasteiger partial charge in [0.1, 0.15) is 11.5 Å². The van der Waals surface area contributed by atoms with Gasteiger partial charge in [0.2, 0.25) is 0 Å². The fourth-order valence-electron chi connectivity index (χ4n) is 1.47. The Hall–Kier alpha value is -0.260. The first-order chi connectivity index (χ1) is 8.06. The Bertz CT molecular complexity index is 513. The molecule has 0 aliphatic rings. The van der Waals surface area contributed by atoms with E-state index in [4.69, 9.17) is 4.42 Å². The van der Waals surface area contributed by atoms with Crippen molar-refractivity contribution in [1.82, 2.24) is 0 Å². The number of aryl methyl sites for hydroxylation is 1. The fraction of sp³-hybridized carbons (Fsp3) is 0.167. The zero-order valence-electron chi connectivity index (χ0n) is 9.06. The van der Waals surface area contributed by atoms with Crippen LogP contribution in [0.2, 0.25) is 0 Å².